The molecule has 1 aromatic carbocycles. The zero-order valence-electron chi connectivity index (χ0n) is 12.7. The molecule has 1 N–H and O–H groups in total. The molecule has 128 valence electrons. The Hall–Kier alpha value is -2.91. The lowest BCUT2D eigenvalue weighted by Crippen LogP contribution is -2.39. The second kappa shape index (κ2) is 6.30. The highest BCUT2D eigenvalue weighted by Crippen LogP contribution is 2.33. The molecule has 2 rings (SSSR count). The van der Waals surface area contributed by atoms with Crippen LogP contribution in [-0.2, 0) is 7.05 Å². The normalized spacial score (nSPS) is 12.7. The van der Waals surface area contributed by atoms with E-state index in [9.17, 15) is 28.1 Å². The lowest BCUT2D eigenvalue weighted by Gasteiger charge is -2.22. The number of hydrogen-bond donors (Lipinski definition) is 1. The van der Waals surface area contributed by atoms with Crippen molar-refractivity contribution in [1.82, 2.24) is 15.1 Å². The first-order valence-corrected chi connectivity index (χ1v) is 6.71. The minimum Gasteiger partial charge on any atom is -0.335 e. The van der Waals surface area contributed by atoms with Crippen molar-refractivity contribution < 1.29 is 22.9 Å². The van der Waals surface area contributed by atoms with Crippen molar-refractivity contribution in [3.8, 4) is 0 Å². The average Bonchev–Trinajstić information content (AvgIpc) is 2.85. The van der Waals surface area contributed by atoms with Gasteiger partial charge in [0.1, 0.15) is 6.20 Å². The van der Waals surface area contributed by atoms with Crippen LogP contribution in [0.15, 0.2) is 30.5 Å². The summed E-state index contributed by atoms with van der Waals surface area (Å²) >= 11 is 0. The maximum atomic E-state index is 13.3. The molecule has 0 fully saturated rings. The molecule has 7 nitrogen and oxygen atoms in total. The number of halogens is 3. The quantitative estimate of drug-likeness (QED) is 0.683. The fraction of sp³-hybridized carbons (Fsp3) is 0.286. The van der Waals surface area contributed by atoms with E-state index >= 15 is 0 Å². The monoisotopic (exact) mass is 342 g/mol. The Morgan fingerprint density at radius 3 is 2.62 bits per heavy atom. The Morgan fingerprint density at radius 1 is 1.42 bits per heavy atom. The minimum absolute atomic E-state index is 0.166. The van der Waals surface area contributed by atoms with Gasteiger partial charge in [0.05, 0.1) is 4.92 Å². The van der Waals surface area contributed by atoms with Gasteiger partial charge in [-0.3, -0.25) is 19.6 Å². The predicted octanol–water partition coefficient (Wildman–Crippen LogP) is 2.67. The molecule has 0 aliphatic heterocycles. The van der Waals surface area contributed by atoms with Crippen LogP contribution in [0.1, 0.15) is 27.7 Å². The second-order valence-electron chi connectivity index (χ2n) is 5.12. The zero-order valence-corrected chi connectivity index (χ0v) is 12.7. The molecule has 0 aliphatic carbocycles. The van der Waals surface area contributed by atoms with Gasteiger partial charge < -0.3 is 5.32 Å². The second-order valence-corrected chi connectivity index (χ2v) is 5.12. The van der Waals surface area contributed by atoms with Crippen LogP contribution in [0.4, 0.5) is 18.9 Å². The highest BCUT2D eigenvalue weighted by molar-refractivity contribution is 5.96. The van der Waals surface area contributed by atoms with Gasteiger partial charge in [0.25, 0.3) is 5.91 Å². The largest absolute Gasteiger partial charge is 0.412 e. The molecule has 1 atom stereocenters. The highest BCUT2D eigenvalue weighted by Gasteiger charge is 2.43. The van der Waals surface area contributed by atoms with Gasteiger partial charge in [-0.25, -0.2) is 0 Å². The Labute approximate surface area is 134 Å². The maximum Gasteiger partial charge on any atom is 0.412 e. The van der Waals surface area contributed by atoms with Crippen LogP contribution in [-0.4, -0.2) is 26.8 Å². The number of nitro groups is 1. The van der Waals surface area contributed by atoms with Crippen molar-refractivity contribution in [1.29, 1.82) is 0 Å². The Balaban J connectivity index is 2.40. The van der Waals surface area contributed by atoms with Gasteiger partial charge in [-0.05, 0) is 12.5 Å². The van der Waals surface area contributed by atoms with E-state index in [1.807, 2.05) is 5.32 Å². The van der Waals surface area contributed by atoms with Gasteiger partial charge in [-0.2, -0.15) is 18.3 Å². The molecule has 1 aromatic heterocycles. The van der Waals surface area contributed by atoms with Gasteiger partial charge in [-0.1, -0.05) is 29.8 Å². The van der Waals surface area contributed by atoms with Crippen molar-refractivity contribution in [2.45, 2.75) is 19.1 Å². The lowest BCUT2D eigenvalue weighted by atomic mass is 10.0. The van der Waals surface area contributed by atoms with Crippen molar-refractivity contribution in [2.24, 2.45) is 7.05 Å². The van der Waals surface area contributed by atoms with Gasteiger partial charge in [0, 0.05) is 7.05 Å². The molecule has 0 saturated carbocycles. The number of benzene rings is 1. The lowest BCUT2D eigenvalue weighted by molar-refractivity contribution is -0.385. The van der Waals surface area contributed by atoms with E-state index < -0.39 is 34.4 Å². The molecule has 24 heavy (non-hydrogen) atoms. The van der Waals surface area contributed by atoms with E-state index in [-0.39, 0.29) is 5.56 Å². The number of nitrogens with zero attached hydrogens (tertiary/aromatic N) is 3. The summed E-state index contributed by atoms with van der Waals surface area (Å²) in [7, 11) is 1.23. The summed E-state index contributed by atoms with van der Waals surface area (Å²) < 4.78 is 40.8. The average molecular weight is 342 g/mol. The standard InChI is InChI=1S/C14H13F3N4O3/c1-8-4-3-5-9(6-8)12(14(15,16)17)19-13(22)11-10(21(23)24)7-18-20(11)2/h3-7,12H,1-2H3,(H,19,22)/t12-/m1/s1. The van der Waals surface area contributed by atoms with Crippen LogP contribution in [0.2, 0.25) is 0 Å². The molecule has 0 unspecified atom stereocenters. The van der Waals surface area contributed by atoms with Crippen molar-refractivity contribution in [3.63, 3.8) is 0 Å². The Kier molecular flexibility index (Phi) is 4.58. The Bertz CT molecular complexity index is 786. The topological polar surface area (TPSA) is 90.1 Å². The molecule has 0 bridgehead atoms. The number of hydrogen-bond acceptors (Lipinski definition) is 4. The van der Waals surface area contributed by atoms with Crippen LogP contribution in [0.3, 0.4) is 0 Å². The molecule has 1 heterocycles. The summed E-state index contributed by atoms with van der Waals surface area (Å²) in [5.74, 6) is -1.23. The van der Waals surface area contributed by atoms with Crippen LogP contribution in [0, 0.1) is 17.0 Å². The summed E-state index contributed by atoms with van der Waals surface area (Å²) in [5.41, 5.74) is -0.801. The van der Waals surface area contributed by atoms with E-state index in [0.29, 0.717) is 5.56 Å². The summed E-state index contributed by atoms with van der Waals surface area (Å²) in [4.78, 5) is 22.2. The molecule has 1 amide bonds. The first-order chi connectivity index (χ1) is 11.1. The van der Waals surface area contributed by atoms with Gasteiger partial charge in [0.15, 0.2) is 6.04 Å². The van der Waals surface area contributed by atoms with Gasteiger partial charge >= 0.3 is 11.9 Å². The molecule has 10 heteroatoms. The molecular weight excluding hydrogens is 329 g/mol. The number of amides is 1. The van der Waals surface area contributed by atoms with Gasteiger partial charge in [0.2, 0.25) is 5.69 Å². The van der Waals surface area contributed by atoms with Crippen molar-refractivity contribution in [3.05, 3.63) is 57.4 Å². The van der Waals surface area contributed by atoms with E-state index in [2.05, 4.69) is 5.10 Å². The molecule has 0 spiro atoms. The van der Waals surface area contributed by atoms with Crippen LogP contribution < -0.4 is 5.32 Å². The van der Waals surface area contributed by atoms with Gasteiger partial charge in [-0.15, -0.1) is 0 Å². The molecule has 0 saturated heterocycles. The number of nitrogens with one attached hydrogen (secondary N) is 1. The van der Waals surface area contributed by atoms with Crippen LogP contribution in [0.5, 0.6) is 0 Å². The predicted molar refractivity (Wildman–Crippen MR) is 77.3 cm³/mol. The number of carbonyl (C=O) groups is 1. The third kappa shape index (κ3) is 3.53. The smallest absolute Gasteiger partial charge is 0.335 e. The number of carbonyl (C=O) groups excluding carboxylic acids is 1. The number of alkyl halides is 3. The first kappa shape index (κ1) is 17.4. The fourth-order valence-electron chi connectivity index (χ4n) is 2.23. The highest BCUT2D eigenvalue weighted by atomic mass is 19.4. The zero-order chi connectivity index (χ0) is 18.1. The Morgan fingerprint density at radius 2 is 2.08 bits per heavy atom. The molecule has 0 radical (unpaired) electrons. The van der Waals surface area contributed by atoms with Crippen molar-refractivity contribution >= 4 is 11.6 Å². The SMILES string of the molecule is Cc1cccc([C@@H](NC(=O)c2c([N+](=O)[O-])cnn2C)C(F)(F)F)c1. The van der Waals surface area contributed by atoms with Crippen LogP contribution in [0.25, 0.3) is 0 Å². The van der Waals surface area contributed by atoms with E-state index in [1.165, 1.54) is 25.2 Å². The number of aromatic nitrogens is 2. The fourth-order valence-corrected chi connectivity index (χ4v) is 2.23. The van der Waals surface area contributed by atoms with Crippen molar-refractivity contribution in [2.75, 3.05) is 0 Å². The third-order valence-corrected chi connectivity index (χ3v) is 3.31. The summed E-state index contributed by atoms with van der Waals surface area (Å²) in [6.45, 7) is 1.62. The van der Waals surface area contributed by atoms with E-state index in [1.54, 1.807) is 13.0 Å². The minimum atomic E-state index is -4.77. The number of rotatable bonds is 4. The molecule has 2 aromatic rings. The summed E-state index contributed by atoms with van der Waals surface area (Å²) in [5, 5.41) is 16.2. The van der Waals surface area contributed by atoms with E-state index in [4.69, 9.17) is 0 Å². The van der Waals surface area contributed by atoms with Crippen LogP contribution >= 0.6 is 0 Å². The molecule has 0 aliphatic rings. The first-order valence-electron chi connectivity index (χ1n) is 6.71. The maximum absolute atomic E-state index is 13.3. The summed E-state index contributed by atoms with van der Waals surface area (Å²) in [6.07, 6.45) is -3.96. The van der Waals surface area contributed by atoms with E-state index in [0.717, 1.165) is 10.9 Å². The molecular formula is C14H13F3N4O3. The summed E-state index contributed by atoms with van der Waals surface area (Å²) in [6, 6.07) is 3.27. The number of aryl methyl sites for hydroxylation is 2. The third-order valence-electron chi connectivity index (χ3n) is 3.31.